The van der Waals surface area contributed by atoms with Gasteiger partial charge in [-0.1, -0.05) is 39.3 Å². The molecule has 440 valence electrons. The van der Waals surface area contributed by atoms with Crippen molar-refractivity contribution in [1.82, 2.24) is 0 Å². The molecule has 25 nitrogen and oxygen atoms in total. The highest BCUT2D eigenvalue weighted by atomic mass is 16.8. The number of carbonyl (C=O) groups is 1. The van der Waals surface area contributed by atoms with Crippen LogP contribution in [0.5, 0.6) is 0 Å². The molecule has 0 aromatic rings. The topological polar surface area (TPSA) is 382 Å². The molecule has 6 saturated heterocycles. The lowest BCUT2D eigenvalue weighted by Gasteiger charge is -2.62. The summed E-state index contributed by atoms with van der Waals surface area (Å²) in [5.74, 6) is -4.11. The third-order valence-electron chi connectivity index (χ3n) is 20.0. The van der Waals surface area contributed by atoms with Gasteiger partial charge in [0.05, 0.1) is 62.5 Å². The van der Waals surface area contributed by atoms with Crippen LogP contribution in [0.3, 0.4) is 0 Å². The second-order valence-corrected chi connectivity index (χ2v) is 24.3. The van der Waals surface area contributed by atoms with E-state index in [2.05, 4.69) is 13.0 Å². The highest BCUT2D eigenvalue weighted by Crippen LogP contribution is 2.71. The first kappa shape index (κ1) is 58.5. The van der Waals surface area contributed by atoms with E-state index in [-0.39, 0.29) is 49.5 Å². The van der Waals surface area contributed by atoms with Crippen molar-refractivity contribution < 1.29 is 123 Å². The van der Waals surface area contributed by atoms with Gasteiger partial charge in [-0.2, -0.15) is 0 Å². The smallest absolute Gasteiger partial charge is 0.303 e. The van der Waals surface area contributed by atoms with Crippen molar-refractivity contribution in [3.05, 3.63) is 11.6 Å². The van der Waals surface area contributed by atoms with Crippen LogP contribution >= 0.6 is 0 Å². The zero-order chi connectivity index (χ0) is 55.7. The Balaban J connectivity index is 0.929. The second-order valence-electron chi connectivity index (χ2n) is 24.3. The van der Waals surface area contributed by atoms with E-state index >= 15 is 0 Å². The number of esters is 1. The Morgan fingerprint density at radius 2 is 1.31 bits per heavy atom. The second kappa shape index (κ2) is 21.8. The first-order valence-electron chi connectivity index (χ1n) is 27.4. The molecule has 3 saturated carbocycles. The van der Waals surface area contributed by atoms with Crippen LogP contribution in [0.1, 0.15) is 80.6 Å². The van der Waals surface area contributed by atoms with Crippen molar-refractivity contribution in [3.8, 4) is 0 Å². The molecule has 0 bridgehead atoms. The summed E-state index contributed by atoms with van der Waals surface area (Å²) in [6, 6.07) is 0. The fraction of sp³-hybridized carbons (Fsp3) is 0.942. The maximum atomic E-state index is 12.8. The third-order valence-corrected chi connectivity index (χ3v) is 20.0. The van der Waals surface area contributed by atoms with E-state index < -0.39 is 201 Å². The average molecular weight is 1110 g/mol. The van der Waals surface area contributed by atoms with Crippen molar-refractivity contribution in [2.45, 2.75) is 240 Å². The largest absolute Gasteiger partial charge is 0.457 e. The van der Waals surface area contributed by atoms with Crippen LogP contribution in [-0.4, -0.2) is 251 Å². The normalized spacial score (nSPS) is 57.6. The Labute approximate surface area is 445 Å². The Morgan fingerprint density at radius 3 is 2.00 bits per heavy atom. The summed E-state index contributed by atoms with van der Waals surface area (Å²) in [6.45, 7) is 10.8. The zero-order valence-electron chi connectivity index (χ0n) is 44.3. The summed E-state index contributed by atoms with van der Waals surface area (Å²) >= 11 is 0. The van der Waals surface area contributed by atoms with E-state index in [0.29, 0.717) is 12.8 Å². The molecule has 10 rings (SSSR count). The highest BCUT2D eigenvalue weighted by Gasteiger charge is 2.74. The SMILES string of the molecule is CC(=O)O[C@@H]1[C@H](O)[C@@H](O)[C@H](O[C@H]2[C@H](O[C@@H]3C[C@H](O)CC4=CC[C@H]5[C@H](C[C@@H](O)[C@]6(C)[C@@H]7[C@H](C[C@@H]56)O[C@@]5(OC[C@@H](C)[C@H](O[C@@H]6O[C@H](C)[C@H](O)[C@H](O)[C@H]6O)[C@@H]5O)[C@H]7C)[C@]43C)O[C@H](CO)[C@@H](O)[C@@H]2O[C@@H]2OC[C@@H](O)[C@H](O)[C@H]2O)O[C@H]1C. The van der Waals surface area contributed by atoms with Gasteiger partial charge in [-0.25, -0.2) is 0 Å². The van der Waals surface area contributed by atoms with Gasteiger partial charge in [0.25, 0.3) is 0 Å². The maximum Gasteiger partial charge on any atom is 0.303 e. The predicted molar refractivity (Wildman–Crippen MR) is 255 cm³/mol. The summed E-state index contributed by atoms with van der Waals surface area (Å²) < 4.78 is 68.2. The molecule has 6 aliphatic heterocycles. The van der Waals surface area contributed by atoms with Crippen LogP contribution in [0.4, 0.5) is 0 Å². The summed E-state index contributed by atoms with van der Waals surface area (Å²) in [5.41, 5.74) is -0.852. The van der Waals surface area contributed by atoms with Crippen molar-refractivity contribution >= 4 is 5.97 Å². The van der Waals surface area contributed by atoms with Gasteiger partial charge in [-0.3, -0.25) is 4.79 Å². The number of aliphatic hydroxyl groups is 13. The molecule has 4 aliphatic carbocycles. The molecule has 10 aliphatic rings. The Hall–Kier alpha value is -1.71. The molecule has 77 heavy (non-hydrogen) atoms. The van der Waals surface area contributed by atoms with Gasteiger partial charge in [0, 0.05) is 41.9 Å². The van der Waals surface area contributed by atoms with E-state index in [1.165, 1.54) is 6.92 Å². The van der Waals surface area contributed by atoms with Gasteiger partial charge in [0.15, 0.2) is 37.1 Å². The van der Waals surface area contributed by atoms with Crippen molar-refractivity contribution in [2.24, 2.45) is 46.3 Å². The lowest BCUT2D eigenvalue weighted by atomic mass is 9.45. The van der Waals surface area contributed by atoms with E-state index in [1.807, 2.05) is 20.8 Å². The molecule has 0 amide bonds. The average Bonchev–Trinajstić information content (AvgIpc) is 3.85. The van der Waals surface area contributed by atoms with Crippen LogP contribution in [0.2, 0.25) is 0 Å². The molecule has 9 fully saturated rings. The van der Waals surface area contributed by atoms with Gasteiger partial charge in [-0.15, -0.1) is 0 Å². The number of rotatable bonds is 10. The summed E-state index contributed by atoms with van der Waals surface area (Å²) in [7, 11) is 0. The Kier molecular flexibility index (Phi) is 16.6. The fourth-order valence-electron chi connectivity index (χ4n) is 15.7. The predicted octanol–water partition coefficient (Wildman–Crippen LogP) is -3.84. The molecular formula is C52H82O25. The van der Waals surface area contributed by atoms with Gasteiger partial charge < -0.3 is 118 Å². The molecule has 13 N–H and O–H groups in total. The Morgan fingerprint density at radius 1 is 0.662 bits per heavy atom. The van der Waals surface area contributed by atoms with Crippen LogP contribution < -0.4 is 0 Å². The summed E-state index contributed by atoms with van der Waals surface area (Å²) in [5, 5.41) is 145. The quantitative estimate of drug-likeness (QED) is 0.0736. The van der Waals surface area contributed by atoms with Crippen molar-refractivity contribution in [2.75, 3.05) is 19.8 Å². The first-order valence-corrected chi connectivity index (χ1v) is 27.4. The standard InChI is InChI=1S/C52H82O25/c1-17-15-68-52(45(66)41(17)74-47-39(64)36(61)33(58)19(3)69-47)18(2)32-28(77-52)12-25-24-9-8-22-10-23(55)11-31(50(22,6)26(24)13-30(57)51(25,32)7)73-49-44(76-48-40(65)37(62)42(20(4)70-48)71-21(5)54)43(35(60)29(14-53)72-49)75-46-38(63)34(59)27(56)16-67-46/h8,17-20,23-49,53,55-66H,9-16H2,1-7H3/t17-,18+,19-,20+,23-,24-,25+,26+,27-,28+,29-,30-,31-,32+,33+,34+,35-,36+,37-,38-,39-,40-,41+,42+,43+,44-,45+,46+,47+,48+,49+,50+,51-,52+/m1/s1. The Bertz CT molecular complexity index is 2120. The van der Waals surface area contributed by atoms with E-state index in [4.69, 9.17) is 52.1 Å². The van der Waals surface area contributed by atoms with Gasteiger partial charge in [0.1, 0.15) is 79.4 Å². The van der Waals surface area contributed by atoms with Crippen LogP contribution in [0.15, 0.2) is 11.6 Å². The number of carbonyl (C=O) groups excluding carboxylic acids is 1. The number of ether oxygens (including phenoxy) is 11. The molecule has 0 radical (unpaired) electrons. The number of allylic oxidation sites excluding steroid dienone is 1. The molecule has 1 spiro atoms. The van der Waals surface area contributed by atoms with Crippen LogP contribution in [0, 0.1) is 46.3 Å². The minimum absolute atomic E-state index is 0.0304. The minimum atomic E-state index is -1.89. The van der Waals surface area contributed by atoms with E-state index in [0.717, 1.165) is 12.5 Å². The highest BCUT2D eigenvalue weighted by molar-refractivity contribution is 5.66. The van der Waals surface area contributed by atoms with Crippen molar-refractivity contribution in [1.29, 1.82) is 0 Å². The number of hydrogen-bond donors (Lipinski definition) is 13. The minimum Gasteiger partial charge on any atom is -0.457 e. The first-order chi connectivity index (χ1) is 36.3. The number of aliphatic hydroxyl groups excluding tert-OH is 13. The fourth-order valence-corrected chi connectivity index (χ4v) is 15.7. The zero-order valence-corrected chi connectivity index (χ0v) is 44.3. The van der Waals surface area contributed by atoms with E-state index in [9.17, 15) is 71.2 Å². The molecule has 0 aromatic carbocycles. The number of hydrogen-bond acceptors (Lipinski definition) is 25. The molecule has 0 aromatic heterocycles. The van der Waals surface area contributed by atoms with Gasteiger partial charge in [0.2, 0.25) is 0 Å². The summed E-state index contributed by atoms with van der Waals surface area (Å²) in [4.78, 5) is 11.9. The monoisotopic (exact) mass is 1110 g/mol. The number of fused-ring (bicyclic) bond motifs is 7. The molecule has 25 heteroatoms. The third kappa shape index (κ3) is 9.58. The maximum absolute atomic E-state index is 12.8. The van der Waals surface area contributed by atoms with Crippen molar-refractivity contribution in [3.63, 3.8) is 0 Å². The lowest BCUT2D eigenvalue weighted by Crippen LogP contribution is -2.67. The van der Waals surface area contributed by atoms with Crippen LogP contribution in [-0.2, 0) is 56.9 Å². The van der Waals surface area contributed by atoms with Crippen LogP contribution in [0.25, 0.3) is 0 Å². The van der Waals surface area contributed by atoms with Gasteiger partial charge in [-0.05, 0) is 57.3 Å². The van der Waals surface area contributed by atoms with E-state index in [1.54, 1.807) is 6.92 Å². The molecular weight excluding hydrogens is 1020 g/mol. The molecule has 6 heterocycles. The summed E-state index contributed by atoms with van der Waals surface area (Å²) in [6.07, 6.45) is -31.5. The van der Waals surface area contributed by atoms with Gasteiger partial charge >= 0.3 is 5.97 Å². The lowest BCUT2D eigenvalue weighted by molar-refractivity contribution is -0.393. The molecule has 34 atom stereocenters. The molecule has 0 unspecified atom stereocenters.